The number of carbonyl (C=O) groups excluding carboxylic acids is 3. The van der Waals surface area contributed by atoms with E-state index < -0.39 is 17.1 Å². The molecule has 9 atom stereocenters. The van der Waals surface area contributed by atoms with E-state index in [-0.39, 0.29) is 60.3 Å². The Balaban J connectivity index is 1.16. The summed E-state index contributed by atoms with van der Waals surface area (Å²) in [5, 5.41) is 27.0. The third kappa shape index (κ3) is 5.11. The van der Waals surface area contributed by atoms with Crippen LogP contribution in [0.3, 0.4) is 0 Å². The first-order chi connectivity index (χ1) is 19.0. The van der Waals surface area contributed by atoms with Crippen molar-refractivity contribution in [2.45, 2.75) is 109 Å². The molecule has 4 aliphatic carbocycles. The number of aliphatic hydroxyl groups is 2. The predicted molar refractivity (Wildman–Crippen MR) is 148 cm³/mol. The number of rotatable bonds is 10. The van der Waals surface area contributed by atoms with Gasteiger partial charge in [-0.2, -0.15) is 0 Å². The smallest absolute Gasteiger partial charge is 0.331 e. The van der Waals surface area contributed by atoms with E-state index in [2.05, 4.69) is 12.2 Å². The zero-order valence-corrected chi connectivity index (χ0v) is 24.2. The normalized spacial score (nSPS) is 42.3. The van der Waals surface area contributed by atoms with E-state index >= 15 is 0 Å². The fourth-order valence-electron chi connectivity index (χ4n) is 9.57. The first-order valence-electron chi connectivity index (χ1n) is 15.4. The molecule has 5 aliphatic rings. The molecule has 5 N–H and O–H groups in total. The third-order valence-corrected chi connectivity index (χ3v) is 11.9. The molecular weight excluding hydrogens is 512 g/mol. The number of carbonyl (C=O) groups is 3. The van der Waals surface area contributed by atoms with Crippen molar-refractivity contribution in [3.8, 4) is 0 Å². The van der Waals surface area contributed by atoms with E-state index in [1.165, 1.54) is 0 Å². The summed E-state index contributed by atoms with van der Waals surface area (Å²) in [6.45, 7) is 5.29. The molecule has 4 saturated carbocycles. The number of amides is 2. The Morgan fingerprint density at radius 3 is 2.62 bits per heavy atom. The minimum Gasteiger partial charge on any atom is -0.458 e. The standard InChI is InChI=1S/C31H48N2O7/c1-29-11-9-21(39-18-27(36)33-13-5-3-4-6-26(32)35)15-20(29)7-8-23-24(29)16-25(34)30(2)22(10-12-31(23,30)38)19-14-28(37)40-17-19/h14,20-25,34,38H,3-13,15-18H2,1-2H3,(H2,32,35)(H,33,36)/t20?,21-,22+,23?,24?,25+,29-,30-,31-/m0/s1. The van der Waals surface area contributed by atoms with Crippen molar-refractivity contribution in [3.05, 3.63) is 11.6 Å². The van der Waals surface area contributed by atoms with Gasteiger partial charge in [0.25, 0.3) is 0 Å². The summed E-state index contributed by atoms with van der Waals surface area (Å²) in [7, 11) is 0. The van der Waals surface area contributed by atoms with E-state index in [0.29, 0.717) is 31.7 Å². The van der Waals surface area contributed by atoms with Gasteiger partial charge in [0, 0.05) is 24.5 Å². The van der Waals surface area contributed by atoms with Gasteiger partial charge in [0.2, 0.25) is 11.8 Å². The number of nitrogens with one attached hydrogen (secondary N) is 1. The van der Waals surface area contributed by atoms with Crippen LogP contribution in [0.4, 0.5) is 0 Å². The Kier molecular flexibility index (Phi) is 8.39. The number of primary amides is 1. The van der Waals surface area contributed by atoms with Crippen molar-refractivity contribution >= 4 is 17.8 Å². The summed E-state index contributed by atoms with van der Waals surface area (Å²) < 4.78 is 11.3. The van der Waals surface area contributed by atoms with E-state index in [0.717, 1.165) is 63.4 Å². The maximum atomic E-state index is 12.4. The minimum absolute atomic E-state index is 0.0117. The number of cyclic esters (lactones) is 1. The molecule has 4 fully saturated rings. The van der Waals surface area contributed by atoms with Crippen molar-refractivity contribution in [1.82, 2.24) is 5.32 Å². The zero-order chi connectivity index (χ0) is 28.7. The van der Waals surface area contributed by atoms with Gasteiger partial charge in [-0.05, 0) is 98.9 Å². The van der Waals surface area contributed by atoms with Crippen molar-refractivity contribution in [1.29, 1.82) is 0 Å². The summed E-state index contributed by atoms with van der Waals surface area (Å²) in [5.74, 6) is 0.0203. The Morgan fingerprint density at radius 2 is 1.90 bits per heavy atom. The molecule has 2 amide bonds. The number of hydrogen-bond acceptors (Lipinski definition) is 7. The minimum atomic E-state index is -0.967. The second-order valence-electron chi connectivity index (χ2n) is 13.7. The number of ether oxygens (including phenoxy) is 2. The molecular formula is C31H48N2O7. The molecule has 3 unspecified atom stereocenters. The van der Waals surface area contributed by atoms with Crippen molar-refractivity contribution in [2.24, 2.45) is 40.2 Å². The van der Waals surface area contributed by atoms with Gasteiger partial charge in [-0.3, -0.25) is 9.59 Å². The number of fused-ring (bicyclic) bond motifs is 5. The molecule has 40 heavy (non-hydrogen) atoms. The first-order valence-corrected chi connectivity index (χ1v) is 15.4. The van der Waals surface area contributed by atoms with E-state index in [1.807, 2.05) is 6.92 Å². The second kappa shape index (κ2) is 11.4. The van der Waals surface area contributed by atoms with Crippen LogP contribution in [-0.4, -0.2) is 65.6 Å². The summed E-state index contributed by atoms with van der Waals surface area (Å²) in [5.41, 5.74) is 4.43. The lowest BCUT2D eigenvalue weighted by molar-refractivity contribution is -0.245. The van der Waals surface area contributed by atoms with Crippen LogP contribution in [0.15, 0.2) is 11.6 Å². The topological polar surface area (TPSA) is 148 Å². The predicted octanol–water partition coefficient (Wildman–Crippen LogP) is 2.76. The maximum absolute atomic E-state index is 12.4. The monoisotopic (exact) mass is 560 g/mol. The second-order valence-corrected chi connectivity index (χ2v) is 13.7. The molecule has 9 nitrogen and oxygen atoms in total. The lowest BCUT2D eigenvalue weighted by Gasteiger charge is -2.65. The SMILES string of the molecule is C[C@]12CC[C@H](OCC(=O)NCCCCCC(N)=O)CC1CCC1C2C[C@@H](O)[C@]2(C)[C@@H](C3=CC(=O)OC3)CC[C@]12O. The highest BCUT2D eigenvalue weighted by atomic mass is 16.5. The number of unbranched alkanes of at least 4 members (excludes halogenated alkanes) is 2. The summed E-state index contributed by atoms with van der Waals surface area (Å²) in [4.78, 5) is 34.9. The largest absolute Gasteiger partial charge is 0.458 e. The molecule has 0 aromatic carbocycles. The van der Waals surface area contributed by atoms with Crippen LogP contribution in [0.1, 0.15) is 90.9 Å². The molecule has 0 spiro atoms. The van der Waals surface area contributed by atoms with Gasteiger partial charge in [-0.15, -0.1) is 0 Å². The highest BCUT2D eigenvalue weighted by molar-refractivity contribution is 5.85. The quantitative estimate of drug-likeness (QED) is 0.237. The Bertz CT molecular complexity index is 1030. The van der Waals surface area contributed by atoms with Gasteiger partial charge in [0.15, 0.2) is 0 Å². The molecule has 0 bridgehead atoms. The highest BCUT2D eigenvalue weighted by Crippen LogP contribution is 2.70. The van der Waals surface area contributed by atoms with Crippen LogP contribution in [0, 0.1) is 34.5 Å². The molecule has 1 heterocycles. The maximum Gasteiger partial charge on any atom is 0.331 e. The fraction of sp³-hybridized carbons (Fsp3) is 0.839. The average Bonchev–Trinajstić information content (AvgIpc) is 3.46. The fourth-order valence-corrected chi connectivity index (χ4v) is 9.57. The molecule has 0 radical (unpaired) electrons. The molecule has 0 aromatic rings. The van der Waals surface area contributed by atoms with Crippen LogP contribution in [0.2, 0.25) is 0 Å². The van der Waals surface area contributed by atoms with Crippen molar-refractivity contribution < 1.29 is 34.1 Å². The molecule has 1 aliphatic heterocycles. The third-order valence-electron chi connectivity index (χ3n) is 11.9. The van der Waals surface area contributed by atoms with Gasteiger partial charge in [-0.1, -0.05) is 20.3 Å². The van der Waals surface area contributed by atoms with Crippen molar-refractivity contribution in [2.75, 3.05) is 19.8 Å². The van der Waals surface area contributed by atoms with Gasteiger partial charge >= 0.3 is 5.97 Å². The molecule has 0 aromatic heterocycles. The number of esters is 1. The molecule has 9 heteroatoms. The Morgan fingerprint density at radius 1 is 1.10 bits per heavy atom. The van der Waals surface area contributed by atoms with Crippen LogP contribution in [0.5, 0.6) is 0 Å². The number of aliphatic hydroxyl groups excluding tert-OH is 1. The van der Waals surface area contributed by atoms with Gasteiger partial charge in [0.1, 0.15) is 13.2 Å². The highest BCUT2D eigenvalue weighted by Gasteiger charge is 2.70. The lowest BCUT2D eigenvalue weighted by atomic mass is 9.42. The number of nitrogens with two attached hydrogens (primary N) is 1. The molecule has 224 valence electrons. The Hall–Kier alpha value is -1.97. The summed E-state index contributed by atoms with van der Waals surface area (Å²) >= 11 is 0. The van der Waals surface area contributed by atoms with Crippen molar-refractivity contribution in [3.63, 3.8) is 0 Å². The van der Waals surface area contributed by atoms with Gasteiger partial charge in [0.05, 0.1) is 17.8 Å². The molecule has 5 rings (SSSR count). The van der Waals surface area contributed by atoms with E-state index in [1.54, 1.807) is 6.08 Å². The van der Waals surface area contributed by atoms with Crippen LogP contribution in [0.25, 0.3) is 0 Å². The summed E-state index contributed by atoms with van der Waals surface area (Å²) in [6.07, 6.45) is 10.5. The van der Waals surface area contributed by atoms with E-state index in [4.69, 9.17) is 15.2 Å². The lowest BCUT2D eigenvalue weighted by Crippen LogP contribution is -2.67. The average molecular weight is 561 g/mol. The van der Waals surface area contributed by atoms with Crippen LogP contribution in [-0.2, 0) is 23.9 Å². The van der Waals surface area contributed by atoms with Gasteiger partial charge < -0.3 is 30.7 Å². The Labute approximate surface area is 237 Å². The first kappa shape index (κ1) is 29.5. The van der Waals surface area contributed by atoms with Crippen LogP contribution < -0.4 is 11.1 Å². The van der Waals surface area contributed by atoms with E-state index in [9.17, 15) is 24.6 Å². The zero-order valence-electron chi connectivity index (χ0n) is 24.2. The number of hydrogen-bond donors (Lipinski definition) is 4. The summed E-state index contributed by atoms with van der Waals surface area (Å²) in [6, 6.07) is 0. The van der Waals surface area contributed by atoms with Crippen LogP contribution >= 0.6 is 0 Å². The molecule has 0 saturated heterocycles. The van der Waals surface area contributed by atoms with Gasteiger partial charge in [-0.25, -0.2) is 4.79 Å².